The molecule has 0 radical (unpaired) electrons. The van der Waals surface area contributed by atoms with Gasteiger partial charge in [-0.3, -0.25) is 19.7 Å². The summed E-state index contributed by atoms with van der Waals surface area (Å²) in [6.45, 7) is 0. The summed E-state index contributed by atoms with van der Waals surface area (Å²) < 4.78 is 4.99. The third-order valence-electron chi connectivity index (χ3n) is 3.84. The van der Waals surface area contributed by atoms with E-state index < -0.39 is 28.7 Å². The van der Waals surface area contributed by atoms with Gasteiger partial charge in [-0.05, 0) is 42.2 Å². The number of carbonyl (C=O) groups excluding carboxylic acids is 2. The highest BCUT2D eigenvalue weighted by molar-refractivity contribution is 7.98. The number of hydrogen-bond acceptors (Lipinski definition) is 7. The SMILES string of the molecule is CSCC[C@@H](NC(=O)/C(=C/c1cccc([N+](=O)[O-])c1)NC(=O)c1ccco1)C(=O)O. The van der Waals surface area contributed by atoms with Crippen LogP contribution in [-0.4, -0.2) is 45.9 Å². The molecule has 158 valence electrons. The fraction of sp³-hybridized carbons (Fsp3) is 0.211. The number of nitrogens with one attached hydrogen (secondary N) is 2. The summed E-state index contributed by atoms with van der Waals surface area (Å²) >= 11 is 1.42. The quantitative estimate of drug-likeness (QED) is 0.293. The van der Waals surface area contributed by atoms with Gasteiger partial charge in [-0.15, -0.1) is 0 Å². The molecule has 0 aliphatic heterocycles. The van der Waals surface area contributed by atoms with Gasteiger partial charge in [-0.25, -0.2) is 4.79 Å². The molecular formula is C19H19N3O7S. The molecule has 3 N–H and O–H groups in total. The number of carboxylic acids is 1. The van der Waals surface area contributed by atoms with Gasteiger partial charge in [0.1, 0.15) is 11.7 Å². The Bertz CT molecular complexity index is 957. The number of rotatable bonds is 10. The van der Waals surface area contributed by atoms with Gasteiger partial charge in [-0.1, -0.05) is 12.1 Å². The van der Waals surface area contributed by atoms with Crippen molar-refractivity contribution in [2.24, 2.45) is 0 Å². The summed E-state index contributed by atoms with van der Waals surface area (Å²) in [7, 11) is 0. The topological polar surface area (TPSA) is 152 Å². The van der Waals surface area contributed by atoms with Crippen molar-refractivity contribution in [1.82, 2.24) is 10.6 Å². The zero-order chi connectivity index (χ0) is 22.1. The zero-order valence-electron chi connectivity index (χ0n) is 15.9. The van der Waals surface area contributed by atoms with E-state index in [0.717, 1.165) is 0 Å². The maximum Gasteiger partial charge on any atom is 0.326 e. The number of benzene rings is 1. The molecule has 2 amide bonds. The summed E-state index contributed by atoms with van der Waals surface area (Å²) in [6.07, 6.45) is 4.48. The van der Waals surface area contributed by atoms with Crippen molar-refractivity contribution in [2.75, 3.05) is 12.0 Å². The Morgan fingerprint density at radius 1 is 1.30 bits per heavy atom. The summed E-state index contributed by atoms with van der Waals surface area (Å²) in [5, 5.41) is 25.0. The van der Waals surface area contributed by atoms with E-state index >= 15 is 0 Å². The Balaban J connectivity index is 2.33. The van der Waals surface area contributed by atoms with E-state index in [4.69, 9.17) is 4.42 Å². The normalized spacial score (nSPS) is 12.1. The maximum atomic E-state index is 12.7. The molecule has 0 saturated carbocycles. The van der Waals surface area contributed by atoms with Crippen LogP contribution in [0.5, 0.6) is 0 Å². The fourth-order valence-corrected chi connectivity index (χ4v) is 2.85. The van der Waals surface area contributed by atoms with Crippen molar-refractivity contribution in [1.29, 1.82) is 0 Å². The Hall–Kier alpha value is -3.60. The lowest BCUT2D eigenvalue weighted by Crippen LogP contribution is -2.44. The first-order valence-corrected chi connectivity index (χ1v) is 10.0. The molecule has 1 aromatic carbocycles. The number of non-ortho nitro benzene ring substituents is 1. The molecule has 0 spiro atoms. The molecular weight excluding hydrogens is 414 g/mol. The number of nitrogens with zero attached hydrogens (tertiary/aromatic N) is 1. The smallest absolute Gasteiger partial charge is 0.326 e. The number of nitro groups is 1. The van der Waals surface area contributed by atoms with Gasteiger partial charge in [0.05, 0.1) is 11.2 Å². The molecule has 1 aromatic heterocycles. The molecule has 0 bridgehead atoms. The van der Waals surface area contributed by atoms with Gasteiger partial charge < -0.3 is 20.2 Å². The number of aliphatic carboxylic acids is 1. The van der Waals surface area contributed by atoms with E-state index in [1.165, 1.54) is 60.5 Å². The average Bonchev–Trinajstić information content (AvgIpc) is 3.25. The summed E-state index contributed by atoms with van der Waals surface area (Å²) in [4.78, 5) is 46.9. The van der Waals surface area contributed by atoms with Crippen LogP contribution in [0.15, 0.2) is 52.8 Å². The minimum atomic E-state index is -1.22. The van der Waals surface area contributed by atoms with Gasteiger partial charge >= 0.3 is 5.97 Å². The number of nitro benzene ring substituents is 1. The first kappa shape index (κ1) is 22.7. The summed E-state index contributed by atoms with van der Waals surface area (Å²) in [5.41, 5.74) is -0.221. The standard InChI is InChI=1S/C19H19N3O7S/c1-30-9-7-14(19(25)26)20-17(23)15(21-18(24)16-6-3-8-29-16)11-12-4-2-5-13(10-12)22(27)28/h2-6,8,10-11,14H,7,9H2,1H3,(H,20,23)(H,21,24)(H,25,26)/b15-11-/t14-/m1/s1. The van der Waals surface area contributed by atoms with Crippen molar-refractivity contribution in [3.05, 3.63) is 69.8 Å². The summed E-state index contributed by atoms with van der Waals surface area (Å²) in [6, 6.07) is 7.13. The molecule has 30 heavy (non-hydrogen) atoms. The molecule has 1 heterocycles. The second kappa shape index (κ2) is 10.8. The Morgan fingerprint density at radius 2 is 2.07 bits per heavy atom. The Morgan fingerprint density at radius 3 is 2.67 bits per heavy atom. The van der Waals surface area contributed by atoms with Gasteiger partial charge in [-0.2, -0.15) is 11.8 Å². The number of hydrogen-bond donors (Lipinski definition) is 3. The van der Waals surface area contributed by atoms with Gasteiger partial charge in [0.15, 0.2) is 5.76 Å². The van der Waals surface area contributed by atoms with Crippen LogP contribution in [0.2, 0.25) is 0 Å². The first-order valence-electron chi connectivity index (χ1n) is 8.65. The molecule has 0 saturated heterocycles. The lowest BCUT2D eigenvalue weighted by molar-refractivity contribution is -0.384. The molecule has 0 aliphatic carbocycles. The lowest BCUT2D eigenvalue weighted by Gasteiger charge is -2.16. The van der Waals surface area contributed by atoms with E-state index in [2.05, 4.69) is 10.6 Å². The van der Waals surface area contributed by atoms with Crippen LogP contribution in [0.4, 0.5) is 5.69 Å². The highest BCUT2D eigenvalue weighted by Crippen LogP contribution is 2.16. The first-order chi connectivity index (χ1) is 14.3. The predicted molar refractivity (Wildman–Crippen MR) is 110 cm³/mol. The van der Waals surface area contributed by atoms with E-state index in [0.29, 0.717) is 5.75 Å². The van der Waals surface area contributed by atoms with Crippen molar-refractivity contribution in [3.8, 4) is 0 Å². The van der Waals surface area contributed by atoms with Gasteiger partial charge in [0.25, 0.3) is 17.5 Å². The minimum Gasteiger partial charge on any atom is -0.480 e. The molecule has 0 unspecified atom stereocenters. The minimum absolute atomic E-state index is 0.0649. The number of carboxylic acid groups (broad SMARTS) is 1. The largest absolute Gasteiger partial charge is 0.480 e. The lowest BCUT2D eigenvalue weighted by atomic mass is 10.1. The monoisotopic (exact) mass is 433 g/mol. The molecule has 0 aliphatic rings. The average molecular weight is 433 g/mol. The van der Waals surface area contributed by atoms with Crippen molar-refractivity contribution in [2.45, 2.75) is 12.5 Å². The van der Waals surface area contributed by atoms with Crippen molar-refractivity contribution < 1.29 is 28.8 Å². The van der Waals surface area contributed by atoms with Crippen LogP contribution in [0.25, 0.3) is 6.08 Å². The highest BCUT2D eigenvalue weighted by Gasteiger charge is 2.23. The van der Waals surface area contributed by atoms with Crippen LogP contribution < -0.4 is 10.6 Å². The van der Waals surface area contributed by atoms with Crippen molar-refractivity contribution >= 4 is 41.3 Å². The van der Waals surface area contributed by atoms with E-state index in [-0.39, 0.29) is 29.1 Å². The van der Waals surface area contributed by atoms with E-state index in [9.17, 15) is 29.6 Å². The van der Waals surface area contributed by atoms with Crippen LogP contribution >= 0.6 is 11.8 Å². The van der Waals surface area contributed by atoms with Crippen LogP contribution in [0.1, 0.15) is 22.5 Å². The Kier molecular flexibility index (Phi) is 8.18. The predicted octanol–water partition coefficient (Wildman–Crippen LogP) is 2.28. The van der Waals surface area contributed by atoms with Crippen molar-refractivity contribution in [3.63, 3.8) is 0 Å². The highest BCUT2D eigenvalue weighted by atomic mass is 32.2. The summed E-state index contributed by atoms with van der Waals surface area (Å²) in [5.74, 6) is -2.37. The molecule has 2 aromatic rings. The Labute approximate surface area is 175 Å². The number of furan rings is 1. The molecule has 2 rings (SSSR count). The third-order valence-corrected chi connectivity index (χ3v) is 4.49. The molecule has 11 heteroatoms. The zero-order valence-corrected chi connectivity index (χ0v) is 16.7. The van der Waals surface area contributed by atoms with Gasteiger partial charge in [0.2, 0.25) is 0 Å². The third kappa shape index (κ3) is 6.48. The van der Waals surface area contributed by atoms with Crippen LogP contribution in [0, 0.1) is 10.1 Å². The van der Waals surface area contributed by atoms with Crippen LogP contribution in [0.3, 0.4) is 0 Å². The number of thioether (sulfide) groups is 1. The molecule has 10 nitrogen and oxygen atoms in total. The second-order valence-corrected chi connectivity index (χ2v) is 6.97. The number of amides is 2. The van der Waals surface area contributed by atoms with E-state index in [1.54, 1.807) is 6.26 Å². The van der Waals surface area contributed by atoms with E-state index in [1.807, 2.05) is 0 Å². The maximum absolute atomic E-state index is 12.7. The van der Waals surface area contributed by atoms with Gasteiger partial charge in [0, 0.05) is 12.1 Å². The molecule has 0 fully saturated rings. The number of carbonyl (C=O) groups is 3. The fourth-order valence-electron chi connectivity index (χ4n) is 2.37. The second-order valence-electron chi connectivity index (χ2n) is 5.99. The molecule has 1 atom stereocenters. The van der Waals surface area contributed by atoms with Crippen LogP contribution in [-0.2, 0) is 9.59 Å².